The van der Waals surface area contributed by atoms with Gasteiger partial charge in [-0.05, 0) is 48.1 Å². The minimum absolute atomic E-state index is 0.158. The Hall–Kier alpha value is -2.66. The lowest BCUT2D eigenvalue weighted by molar-refractivity contribution is 0.0961. The van der Waals surface area contributed by atoms with Crippen LogP contribution in [0, 0.1) is 5.92 Å². The van der Waals surface area contributed by atoms with Crippen molar-refractivity contribution in [1.82, 2.24) is 0 Å². The number of carbonyl (C=O) groups is 2. The van der Waals surface area contributed by atoms with Crippen LogP contribution in [0.2, 0.25) is 0 Å². The first kappa shape index (κ1) is 14.9. The van der Waals surface area contributed by atoms with E-state index in [1.165, 1.54) is 12.1 Å². The van der Waals surface area contributed by atoms with E-state index >= 15 is 0 Å². The first-order valence-corrected chi connectivity index (χ1v) is 7.88. The number of ketones is 2. The molecule has 4 rings (SSSR count). The van der Waals surface area contributed by atoms with E-state index in [9.17, 15) is 24.9 Å². The second-order valence-corrected chi connectivity index (χ2v) is 6.63. The van der Waals surface area contributed by atoms with E-state index in [0.717, 1.165) is 12.0 Å². The van der Waals surface area contributed by atoms with Crippen LogP contribution >= 0.6 is 0 Å². The molecule has 0 heterocycles. The number of aliphatic hydroxyl groups is 1. The standard InChI is InChI=1S/C19H16O5/c1-8-6-9-2-3-10-15(14(9)13(22)7-8)19(24)17-12(21)5-4-11(20)16(17)18(10)23/h2-5,8,13,20-22H,6-7H2,1H3. The quantitative estimate of drug-likeness (QED) is 0.552. The van der Waals surface area contributed by atoms with Crippen LogP contribution in [-0.4, -0.2) is 26.9 Å². The average Bonchev–Trinajstić information content (AvgIpc) is 2.53. The van der Waals surface area contributed by atoms with Crippen molar-refractivity contribution >= 4 is 11.6 Å². The maximum atomic E-state index is 13.0. The summed E-state index contributed by atoms with van der Waals surface area (Å²) in [6.07, 6.45) is 0.417. The normalized spacial score (nSPS) is 21.9. The fourth-order valence-electron chi connectivity index (χ4n) is 3.91. The molecule has 0 aliphatic heterocycles. The lowest BCUT2D eigenvalue weighted by Gasteiger charge is -2.31. The van der Waals surface area contributed by atoms with Gasteiger partial charge in [-0.2, -0.15) is 0 Å². The van der Waals surface area contributed by atoms with Gasteiger partial charge in [0.15, 0.2) is 11.6 Å². The summed E-state index contributed by atoms with van der Waals surface area (Å²) in [6.45, 7) is 2.03. The number of benzene rings is 2. The summed E-state index contributed by atoms with van der Waals surface area (Å²) in [6, 6.07) is 5.73. The minimum atomic E-state index is -0.823. The lowest BCUT2D eigenvalue weighted by atomic mass is 9.74. The Balaban J connectivity index is 2.04. The van der Waals surface area contributed by atoms with Gasteiger partial charge in [-0.1, -0.05) is 13.0 Å². The van der Waals surface area contributed by atoms with Gasteiger partial charge in [0.1, 0.15) is 11.5 Å². The van der Waals surface area contributed by atoms with Crippen molar-refractivity contribution in [3.63, 3.8) is 0 Å². The van der Waals surface area contributed by atoms with Crippen molar-refractivity contribution in [3.8, 4) is 11.5 Å². The SMILES string of the molecule is CC1Cc2ccc3c(c2C(O)C1)C(=O)c1c(O)ccc(O)c1C3=O. The third kappa shape index (κ3) is 1.85. The van der Waals surface area contributed by atoms with E-state index in [-0.39, 0.29) is 39.7 Å². The summed E-state index contributed by atoms with van der Waals surface area (Å²) in [5.74, 6) is -1.44. The number of rotatable bonds is 0. The first-order valence-electron chi connectivity index (χ1n) is 7.88. The number of phenols is 2. The van der Waals surface area contributed by atoms with E-state index < -0.39 is 17.7 Å². The molecule has 0 aromatic heterocycles. The van der Waals surface area contributed by atoms with Gasteiger partial charge in [0, 0.05) is 11.1 Å². The van der Waals surface area contributed by atoms with E-state index in [1.54, 1.807) is 12.1 Å². The molecule has 2 aromatic carbocycles. The summed E-state index contributed by atoms with van der Waals surface area (Å²) < 4.78 is 0. The lowest BCUT2D eigenvalue weighted by Crippen LogP contribution is -2.27. The number of phenolic OH excluding ortho intramolecular Hbond substituents is 2. The van der Waals surface area contributed by atoms with Gasteiger partial charge in [-0.3, -0.25) is 9.59 Å². The molecule has 3 N–H and O–H groups in total. The zero-order chi connectivity index (χ0) is 17.2. The molecule has 2 aliphatic carbocycles. The highest BCUT2D eigenvalue weighted by Gasteiger charge is 2.39. The predicted octanol–water partition coefficient (Wildman–Crippen LogP) is 2.49. The molecule has 2 aromatic rings. The van der Waals surface area contributed by atoms with Crippen molar-refractivity contribution in [2.75, 3.05) is 0 Å². The smallest absolute Gasteiger partial charge is 0.198 e. The van der Waals surface area contributed by atoms with Gasteiger partial charge in [0.2, 0.25) is 0 Å². The molecule has 122 valence electrons. The molecule has 0 fully saturated rings. The summed E-state index contributed by atoms with van der Waals surface area (Å²) in [7, 11) is 0. The van der Waals surface area contributed by atoms with E-state index in [0.29, 0.717) is 12.0 Å². The Morgan fingerprint density at radius 1 is 0.917 bits per heavy atom. The van der Waals surface area contributed by atoms with E-state index in [2.05, 4.69) is 0 Å². The Bertz CT molecular complexity index is 912. The highest BCUT2D eigenvalue weighted by Crippen LogP contribution is 2.43. The van der Waals surface area contributed by atoms with Crippen molar-refractivity contribution in [3.05, 3.63) is 57.6 Å². The maximum absolute atomic E-state index is 13.0. The molecule has 2 atom stereocenters. The van der Waals surface area contributed by atoms with Gasteiger partial charge in [-0.15, -0.1) is 0 Å². The van der Waals surface area contributed by atoms with Gasteiger partial charge in [-0.25, -0.2) is 0 Å². The third-order valence-corrected chi connectivity index (χ3v) is 4.95. The fraction of sp³-hybridized carbons (Fsp3) is 0.263. The molecule has 0 radical (unpaired) electrons. The molecule has 2 aliphatic rings. The van der Waals surface area contributed by atoms with Gasteiger partial charge in [0.25, 0.3) is 0 Å². The number of carbonyl (C=O) groups excluding carboxylic acids is 2. The van der Waals surface area contributed by atoms with Crippen LogP contribution in [0.4, 0.5) is 0 Å². The molecule has 0 amide bonds. The molecular formula is C19H16O5. The van der Waals surface area contributed by atoms with E-state index in [4.69, 9.17) is 0 Å². The van der Waals surface area contributed by atoms with Crippen LogP contribution in [0.25, 0.3) is 0 Å². The third-order valence-electron chi connectivity index (χ3n) is 4.95. The number of aliphatic hydroxyl groups excluding tert-OH is 1. The van der Waals surface area contributed by atoms with Crippen LogP contribution < -0.4 is 0 Å². The molecule has 5 heteroatoms. The Morgan fingerprint density at radius 3 is 2.21 bits per heavy atom. The number of hydrogen-bond donors (Lipinski definition) is 3. The van der Waals surface area contributed by atoms with Crippen LogP contribution in [-0.2, 0) is 6.42 Å². The number of fused-ring (bicyclic) bond motifs is 4. The zero-order valence-corrected chi connectivity index (χ0v) is 13.0. The summed E-state index contributed by atoms with van der Waals surface area (Å²) in [4.78, 5) is 25.8. The van der Waals surface area contributed by atoms with E-state index in [1.807, 2.05) is 6.92 Å². The zero-order valence-electron chi connectivity index (χ0n) is 13.0. The maximum Gasteiger partial charge on any atom is 0.198 e. The van der Waals surface area contributed by atoms with Crippen molar-refractivity contribution in [1.29, 1.82) is 0 Å². The van der Waals surface area contributed by atoms with Crippen molar-refractivity contribution in [2.45, 2.75) is 25.9 Å². The average molecular weight is 324 g/mol. The molecule has 0 saturated heterocycles. The second kappa shape index (κ2) is 4.92. The first-order chi connectivity index (χ1) is 11.4. The Labute approximate surface area is 138 Å². The molecule has 24 heavy (non-hydrogen) atoms. The van der Waals surface area contributed by atoms with Crippen LogP contribution in [0.1, 0.15) is 62.4 Å². The highest BCUT2D eigenvalue weighted by atomic mass is 16.3. The Kier molecular flexibility index (Phi) is 3.05. The highest BCUT2D eigenvalue weighted by molar-refractivity contribution is 6.30. The van der Waals surface area contributed by atoms with Crippen LogP contribution in [0.5, 0.6) is 11.5 Å². The summed E-state index contributed by atoms with van der Waals surface area (Å²) in [5.41, 5.74) is 1.30. The molecule has 5 nitrogen and oxygen atoms in total. The van der Waals surface area contributed by atoms with Crippen LogP contribution in [0.3, 0.4) is 0 Å². The van der Waals surface area contributed by atoms with Crippen LogP contribution in [0.15, 0.2) is 24.3 Å². The predicted molar refractivity (Wildman–Crippen MR) is 85.5 cm³/mol. The number of hydrogen-bond acceptors (Lipinski definition) is 5. The molecule has 0 bridgehead atoms. The largest absolute Gasteiger partial charge is 0.507 e. The van der Waals surface area contributed by atoms with Gasteiger partial charge < -0.3 is 15.3 Å². The van der Waals surface area contributed by atoms with Gasteiger partial charge >= 0.3 is 0 Å². The summed E-state index contributed by atoms with van der Waals surface area (Å²) >= 11 is 0. The minimum Gasteiger partial charge on any atom is -0.507 e. The molecule has 0 saturated carbocycles. The monoisotopic (exact) mass is 324 g/mol. The topological polar surface area (TPSA) is 94.8 Å². The fourth-order valence-corrected chi connectivity index (χ4v) is 3.91. The molecule has 2 unspecified atom stereocenters. The van der Waals surface area contributed by atoms with Crippen molar-refractivity contribution < 1.29 is 24.9 Å². The number of aromatic hydroxyl groups is 2. The second-order valence-electron chi connectivity index (χ2n) is 6.63. The molecular weight excluding hydrogens is 308 g/mol. The molecule has 0 spiro atoms. The van der Waals surface area contributed by atoms with Gasteiger partial charge in [0.05, 0.1) is 17.2 Å². The van der Waals surface area contributed by atoms with Crippen molar-refractivity contribution in [2.24, 2.45) is 5.92 Å². The summed E-state index contributed by atoms with van der Waals surface area (Å²) in [5, 5.41) is 30.5. The Morgan fingerprint density at radius 2 is 1.54 bits per heavy atom.